The standard InChI is InChI=1S/C14H19N5OS/c1-9-11(10(2)20-17-9)7-18-5-3-13-12(18)4-6-19(13)14-16-15-8-21-14/h8,12-13H,3-7H2,1-2H3/t12-,13-/m1/s1. The topological polar surface area (TPSA) is 58.3 Å². The number of likely N-dealkylation sites (tertiary alicyclic amines) is 1. The summed E-state index contributed by atoms with van der Waals surface area (Å²) in [6.45, 7) is 7.20. The van der Waals surface area contributed by atoms with E-state index in [0.717, 1.165) is 36.2 Å². The van der Waals surface area contributed by atoms with Crippen LogP contribution in [0, 0.1) is 13.8 Å². The van der Waals surface area contributed by atoms with Gasteiger partial charge in [-0.3, -0.25) is 4.90 Å². The lowest BCUT2D eigenvalue weighted by molar-refractivity contribution is 0.244. The van der Waals surface area contributed by atoms with Crippen molar-refractivity contribution in [1.29, 1.82) is 0 Å². The molecule has 0 bridgehead atoms. The molecule has 2 atom stereocenters. The zero-order valence-electron chi connectivity index (χ0n) is 12.3. The molecule has 0 aliphatic carbocycles. The fourth-order valence-electron chi connectivity index (χ4n) is 3.73. The average molecular weight is 305 g/mol. The monoisotopic (exact) mass is 305 g/mol. The van der Waals surface area contributed by atoms with Gasteiger partial charge in [0.1, 0.15) is 11.3 Å². The molecule has 0 N–H and O–H groups in total. The molecule has 0 saturated carbocycles. The van der Waals surface area contributed by atoms with Crippen LogP contribution in [0.25, 0.3) is 0 Å². The first kappa shape index (κ1) is 13.2. The summed E-state index contributed by atoms with van der Waals surface area (Å²) in [7, 11) is 0. The Morgan fingerprint density at radius 2 is 2.14 bits per heavy atom. The molecular formula is C14H19N5OS. The summed E-state index contributed by atoms with van der Waals surface area (Å²) in [6.07, 6.45) is 2.40. The van der Waals surface area contributed by atoms with E-state index >= 15 is 0 Å². The van der Waals surface area contributed by atoms with Crippen molar-refractivity contribution in [1.82, 2.24) is 20.3 Å². The molecule has 2 aliphatic heterocycles. The maximum absolute atomic E-state index is 5.29. The summed E-state index contributed by atoms with van der Waals surface area (Å²) in [5, 5.41) is 13.4. The van der Waals surface area contributed by atoms with Crippen LogP contribution in [-0.4, -0.2) is 45.4 Å². The molecule has 6 nitrogen and oxygen atoms in total. The van der Waals surface area contributed by atoms with Gasteiger partial charge in [-0.15, -0.1) is 10.2 Å². The molecule has 2 aliphatic rings. The molecule has 0 unspecified atom stereocenters. The van der Waals surface area contributed by atoms with Crippen LogP contribution in [0.5, 0.6) is 0 Å². The summed E-state index contributed by atoms with van der Waals surface area (Å²) < 4.78 is 5.29. The summed E-state index contributed by atoms with van der Waals surface area (Å²) in [5.74, 6) is 0.954. The predicted octanol–water partition coefficient (Wildman–Crippen LogP) is 2.00. The van der Waals surface area contributed by atoms with Crippen LogP contribution in [0.4, 0.5) is 5.13 Å². The highest BCUT2D eigenvalue weighted by atomic mass is 32.1. The Kier molecular flexibility index (Phi) is 3.19. The second kappa shape index (κ2) is 5.06. The van der Waals surface area contributed by atoms with Crippen LogP contribution in [0.2, 0.25) is 0 Å². The molecule has 2 aromatic rings. The Morgan fingerprint density at radius 3 is 2.86 bits per heavy atom. The Bertz CT molecular complexity index is 606. The number of hydrogen-bond donors (Lipinski definition) is 0. The van der Waals surface area contributed by atoms with Crippen molar-refractivity contribution in [2.24, 2.45) is 0 Å². The summed E-state index contributed by atoms with van der Waals surface area (Å²) in [6, 6.07) is 1.20. The molecule has 0 spiro atoms. The largest absolute Gasteiger partial charge is 0.361 e. The van der Waals surface area contributed by atoms with Crippen LogP contribution < -0.4 is 4.90 Å². The van der Waals surface area contributed by atoms with E-state index in [0.29, 0.717) is 12.1 Å². The zero-order valence-corrected chi connectivity index (χ0v) is 13.1. The van der Waals surface area contributed by atoms with Gasteiger partial charge in [-0.1, -0.05) is 16.5 Å². The second-order valence-electron chi connectivity index (χ2n) is 5.90. The van der Waals surface area contributed by atoms with Gasteiger partial charge in [0.15, 0.2) is 0 Å². The van der Waals surface area contributed by atoms with Gasteiger partial charge >= 0.3 is 0 Å². The summed E-state index contributed by atoms with van der Waals surface area (Å²) in [5.41, 5.74) is 4.10. The van der Waals surface area contributed by atoms with Crippen molar-refractivity contribution in [3.8, 4) is 0 Å². The van der Waals surface area contributed by atoms with E-state index in [9.17, 15) is 0 Å². The first-order valence-corrected chi connectivity index (χ1v) is 8.30. The lowest BCUT2D eigenvalue weighted by Crippen LogP contribution is -2.36. The van der Waals surface area contributed by atoms with E-state index in [2.05, 4.69) is 25.2 Å². The molecule has 2 aromatic heterocycles. The van der Waals surface area contributed by atoms with Gasteiger partial charge in [0.2, 0.25) is 5.13 Å². The van der Waals surface area contributed by atoms with Gasteiger partial charge in [0.25, 0.3) is 0 Å². The normalized spacial score (nSPS) is 25.7. The molecule has 4 rings (SSSR count). The van der Waals surface area contributed by atoms with Crippen molar-refractivity contribution in [2.75, 3.05) is 18.0 Å². The van der Waals surface area contributed by atoms with Crippen molar-refractivity contribution < 1.29 is 4.52 Å². The molecule has 21 heavy (non-hydrogen) atoms. The van der Waals surface area contributed by atoms with E-state index in [1.165, 1.54) is 18.4 Å². The minimum Gasteiger partial charge on any atom is -0.361 e. The summed E-state index contributed by atoms with van der Waals surface area (Å²) in [4.78, 5) is 5.02. The van der Waals surface area contributed by atoms with Crippen LogP contribution >= 0.6 is 11.3 Å². The van der Waals surface area contributed by atoms with Crippen molar-refractivity contribution in [2.45, 2.75) is 45.3 Å². The number of aryl methyl sites for hydroxylation is 2. The molecule has 2 saturated heterocycles. The first-order valence-electron chi connectivity index (χ1n) is 7.42. The smallest absolute Gasteiger partial charge is 0.208 e. The van der Waals surface area contributed by atoms with Gasteiger partial charge in [-0.25, -0.2) is 0 Å². The van der Waals surface area contributed by atoms with Gasteiger partial charge in [0, 0.05) is 37.3 Å². The van der Waals surface area contributed by atoms with Crippen LogP contribution in [0.15, 0.2) is 10.0 Å². The second-order valence-corrected chi connectivity index (χ2v) is 6.71. The van der Waals surface area contributed by atoms with E-state index in [4.69, 9.17) is 4.52 Å². The molecule has 112 valence electrons. The third kappa shape index (κ3) is 2.15. The fraction of sp³-hybridized carbons (Fsp3) is 0.643. The number of anilines is 1. The minimum absolute atomic E-state index is 0.582. The number of hydrogen-bond acceptors (Lipinski definition) is 7. The molecule has 0 radical (unpaired) electrons. The number of rotatable bonds is 3. The quantitative estimate of drug-likeness (QED) is 0.864. The van der Waals surface area contributed by atoms with Crippen molar-refractivity contribution >= 4 is 16.5 Å². The van der Waals surface area contributed by atoms with E-state index < -0.39 is 0 Å². The van der Waals surface area contributed by atoms with Crippen molar-refractivity contribution in [3.05, 3.63) is 22.5 Å². The van der Waals surface area contributed by atoms with E-state index in [1.807, 2.05) is 19.4 Å². The maximum atomic E-state index is 5.29. The lowest BCUT2D eigenvalue weighted by atomic mass is 10.1. The molecule has 0 amide bonds. The van der Waals surface area contributed by atoms with E-state index in [1.54, 1.807) is 11.3 Å². The SMILES string of the molecule is Cc1noc(C)c1CN1CC[C@@H]2[C@H]1CCN2c1nncs1. The Balaban J connectivity index is 1.51. The number of nitrogens with zero attached hydrogens (tertiary/aromatic N) is 5. The van der Waals surface area contributed by atoms with Gasteiger partial charge in [-0.2, -0.15) is 0 Å². The maximum Gasteiger partial charge on any atom is 0.208 e. The fourth-order valence-corrected chi connectivity index (χ4v) is 4.38. The highest BCUT2D eigenvalue weighted by molar-refractivity contribution is 7.13. The third-order valence-electron chi connectivity index (χ3n) is 4.83. The van der Waals surface area contributed by atoms with Crippen molar-refractivity contribution in [3.63, 3.8) is 0 Å². The van der Waals surface area contributed by atoms with Crippen LogP contribution in [0.1, 0.15) is 29.9 Å². The summed E-state index contributed by atoms with van der Waals surface area (Å²) >= 11 is 1.64. The van der Waals surface area contributed by atoms with Gasteiger partial charge in [-0.05, 0) is 26.7 Å². The number of fused-ring (bicyclic) bond motifs is 1. The Hall–Kier alpha value is -1.47. The van der Waals surface area contributed by atoms with E-state index in [-0.39, 0.29) is 0 Å². The predicted molar refractivity (Wildman–Crippen MR) is 80.5 cm³/mol. The third-order valence-corrected chi connectivity index (χ3v) is 5.55. The minimum atomic E-state index is 0.582. The van der Waals surface area contributed by atoms with Crippen LogP contribution in [0.3, 0.4) is 0 Å². The average Bonchev–Trinajstić information content (AvgIpc) is 3.20. The Morgan fingerprint density at radius 1 is 1.29 bits per heavy atom. The Labute approximate surface area is 127 Å². The van der Waals surface area contributed by atoms with Gasteiger partial charge in [0.05, 0.1) is 5.69 Å². The zero-order chi connectivity index (χ0) is 14.4. The van der Waals surface area contributed by atoms with Gasteiger partial charge < -0.3 is 9.42 Å². The molecule has 2 fully saturated rings. The highest BCUT2D eigenvalue weighted by Crippen LogP contribution is 2.36. The highest BCUT2D eigenvalue weighted by Gasteiger charge is 2.43. The lowest BCUT2D eigenvalue weighted by Gasteiger charge is -2.25. The number of aromatic nitrogens is 3. The molecular weight excluding hydrogens is 286 g/mol. The molecule has 7 heteroatoms. The van der Waals surface area contributed by atoms with Crippen LogP contribution in [-0.2, 0) is 6.54 Å². The first-order chi connectivity index (χ1) is 10.2. The molecule has 4 heterocycles. The molecule has 0 aromatic carbocycles.